The van der Waals surface area contributed by atoms with Crippen molar-refractivity contribution >= 4 is 6.09 Å². The first-order chi connectivity index (χ1) is 13.3. The molecule has 1 saturated heterocycles. The number of carbonyl (C=O) groups excluding carboxylic acids is 1. The van der Waals surface area contributed by atoms with Crippen molar-refractivity contribution in [3.05, 3.63) is 23.8 Å². The molecule has 1 aliphatic heterocycles. The highest BCUT2D eigenvalue weighted by Crippen LogP contribution is 2.39. The predicted octanol–water partition coefficient (Wildman–Crippen LogP) is 3.96. The van der Waals surface area contributed by atoms with Gasteiger partial charge in [0.05, 0.1) is 13.2 Å². The molecule has 2 atom stereocenters. The van der Waals surface area contributed by atoms with Gasteiger partial charge in [0, 0.05) is 31.5 Å². The van der Waals surface area contributed by atoms with Crippen molar-refractivity contribution in [2.75, 3.05) is 26.8 Å². The highest BCUT2D eigenvalue weighted by molar-refractivity contribution is 5.69. The molecule has 1 heterocycles. The van der Waals surface area contributed by atoms with Crippen LogP contribution in [0.25, 0.3) is 0 Å². The van der Waals surface area contributed by atoms with E-state index in [0.717, 1.165) is 29.9 Å². The number of carbonyl (C=O) groups is 1. The number of likely N-dealkylation sites (tertiary alicyclic amines) is 1. The Morgan fingerprint density at radius 3 is 2.50 bits per heavy atom. The molecule has 2 fully saturated rings. The van der Waals surface area contributed by atoms with Crippen molar-refractivity contribution < 1.29 is 24.1 Å². The van der Waals surface area contributed by atoms with Gasteiger partial charge in [-0.05, 0) is 64.2 Å². The SMILES string of the molecule is COc1ccc([C@@H]2CN(C(=O)OC(C)(C)C)C[C@H]2CO)cc1OC1CCCC1. The lowest BCUT2D eigenvalue weighted by molar-refractivity contribution is 0.0283. The maximum absolute atomic E-state index is 12.5. The average Bonchev–Trinajstić information content (AvgIpc) is 3.29. The molecular weight excluding hydrogens is 358 g/mol. The smallest absolute Gasteiger partial charge is 0.410 e. The van der Waals surface area contributed by atoms with Gasteiger partial charge in [0.15, 0.2) is 11.5 Å². The molecule has 6 nitrogen and oxygen atoms in total. The van der Waals surface area contributed by atoms with Gasteiger partial charge < -0.3 is 24.2 Å². The quantitative estimate of drug-likeness (QED) is 0.823. The van der Waals surface area contributed by atoms with Gasteiger partial charge in [0.1, 0.15) is 5.60 Å². The highest BCUT2D eigenvalue weighted by atomic mass is 16.6. The molecule has 28 heavy (non-hydrogen) atoms. The first-order valence-corrected chi connectivity index (χ1v) is 10.2. The molecule has 1 N–H and O–H groups in total. The number of hydrogen-bond donors (Lipinski definition) is 1. The number of aliphatic hydroxyl groups is 1. The van der Waals surface area contributed by atoms with Gasteiger partial charge in [-0.15, -0.1) is 0 Å². The van der Waals surface area contributed by atoms with E-state index in [1.54, 1.807) is 12.0 Å². The van der Waals surface area contributed by atoms with E-state index in [1.165, 1.54) is 12.8 Å². The fraction of sp³-hybridized carbons (Fsp3) is 0.682. The molecule has 3 rings (SSSR count). The molecule has 6 heteroatoms. The lowest BCUT2D eigenvalue weighted by Crippen LogP contribution is -2.35. The minimum atomic E-state index is -0.535. The fourth-order valence-electron chi connectivity index (χ4n) is 4.11. The number of rotatable bonds is 5. The molecule has 0 unspecified atom stereocenters. The van der Waals surface area contributed by atoms with Crippen LogP contribution in [0.3, 0.4) is 0 Å². The van der Waals surface area contributed by atoms with Crippen LogP contribution in [0.1, 0.15) is 57.9 Å². The normalized spacial score (nSPS) is 23.1. The second-order valence-corrected chi connectivity index (χ2v) is 8.87. The fourth-order valence-corrected chi connectivity index (χ4v) is 4.11. The van der Waals surface area contributed by atoms with Crippen molar-refractivity contribution in [3.63, 3.8) is 0 Å². The first kappa shape index (κ1) is 20.8. The van der Waals surface area contributed by atoms with Crippen LogP contribution in [0, 0.1) is 5.92 Å². The van der Waals surface area contributed by atoms with Gasteiger partial charge in [0.25, 0.3) is 0 Å². The van der Waals surface area contributed by atoms with Gasteiger partial charge in [-0.2, -0.15) is 0 Å². The van der Waals surface area contributed by atoms with Crippen molar-refractivity contribution in [2.24, 2.45) is 5.92 Å². The van der Waals surface area contributed by atoms with Crippen LogP contribution in [0.15, 0.2) is 18.2 Å². The molecule has 0 radical (unpaired) electrons. The summed E-state index contributed by atoms with van der Waals surface area (Å²) in [6.45, 7) is 6.61. The van der Waals surface area contributed by atoms with E-state index < -0.39 is 5.60 Å². The van der Waals surface area contributed by atoms with E-state index in [2.05, 4.69) is 0 Å². The zero-order valence-corrected chi connectivity index (χ0v) is 17.4. The molecule has 1 aromatic carbocycles. The Bertz CT molecular complexity index is 678. The molecule has 1 saturated carbocycles. The molecule has 0 spiro atoms. The van der Waals surface area contributed by atoms with Gasteiger partial charge in [0.2, 0.25) is 0 Å². The largest absolute Gasteiger partial charge is 0.493 e. The van der Waals surface area contributed by atoms with Crippen LogP contribution < -0.4 is 9.47 Å². The highest BCUT2D eigenvalue weighted by Gasteiger charge is 2.38. The van der Waals surface area contributed by atoms with Crippen LogP contribution in [0.5, 0.6) is 11.5 Å². The molecule has 156 valence electrons. The third kappa shape index (κ3) is 4.90. The Labute approximate surface area is 167 Å². The van der Waals surface area contributed by atoms with Gasteiger partial charge >= 0.3 is 6.09 Å². The van der Waals surface area contributed by atoms with Crippen LogP contribution >= 0.6 is 0 Å². The number of hydrogen-bond acceptors (Lipinski definition) is 5. The number of amides is 1. The van der Waals surface area contributed by atoms with Crippen LogP contribution in [-0.4, -0.2) is 54.6 Å². The topological polar surface area (TPSA) is 68.2 Å². The Balaban J connectivity index is 1.78. The van der Waals surface area contributed by atoms with E-state index in [1.807, 2.05) is 39.0 Å². The molecule has 1 aliphatic carbocycles. The maximum Gasteiger partial charge on any atom is 0.410 e. The summed E-state index contributed by atoms with van der Waals surface area (Å²) in [6, 6.07) is 5.94. The standard InChI is InChI=1S/C22H33NO5/c1-22(2,3)28-21(25)23-12-16(14-24)18(13-23)15-9-10-19(26-4)20(11-15)27-17-7-5-6-8-17/h9-11,16-18,24H,5-8,12-14H2,1-4H3/t16-,18-/m0/s1. The van der Waals surface area contributed by atoms with E-state index in [4.69, 9.17) is 14.2 Å². The van der Waals surface area contributed by atoms with E-state index >= 15 is 0 Å². The summed E-state index contributed by atoms with van der Waals surface area (Å²) in [4.78, 5) is 14.2. The van der Waals surface area contributed by atoms with Gasteiger partial charge in [-0.1, -0.05) is 6.07 Å². The second-order valence-electron chi connectivity index (χ2n) is 8.87. The summed E-state index contributed by atoms with van der Waals surface area (Å²) in [5.74, 6) is 1.48. The van der Waals surface area contributed by atoms with Crippen molar-refractivity contribution in [3.8, 4) is 11.5 Å². The zero-order valence-electron chi connectivity index (χ0n) is 17.4. The van der Waals surface area contributed by atoms with Crippen LogP contribution in [0.4, 0.5) is 4.79 Å². The molecule has 2 aliphatic rings. The summed E-state index contributed by atoms with van der Waals surface area (Å²) < 4.78 is 17.2. The van der Waals surface area contributed by atoms with Gasteiger partial charge in [-0.3, -0.25) is 0 Å². The monoisotopic (exact) mass is 391 g/mol. The number of benzene rings is 1. The summed E-state index contributed by atoms with van der Waals surface area (Å²) in [6.07, 6.45) is 4.45. The van der Waals surface area contributed by atoms with Crippen LogP contribution in [-0.2, 0) is 4.74 Å². The third-order valence-corrected chi connectivity index (χ3v) is 5.54. The Hall–Kier alpha value is -1.95. The second kappa shape index (κ2) is 8.60. The molecule has 0 aromatic heterocycles. The number of methoxy groups -OCH3 is 1. The number of nitrogens with zero attached hydrogens (tertiary/aromatic N) is 1. The van der Waals surface area contributed by atoms with E-state index in [-0.39, 0.29) is 30.6 Å². The maximum atomic E-state index is 12.5. The van der Waals surface area contributed by atoms with Crippen molar-refractivity contribution in [2.45, 2.75) is 64.1 Å². The average molecular weight is 392 g/mol. The van der Waals surface area contributed by atoms with Crippen LogP contribution in [0.2, 0.25) is 0 Å². The van der Waals surface area contributed by atoms with E-state index in [9.17, 15) is 9.90 Å². The van der Waals surface area contributed by atoms with E-state index in [0.29, 0.717) is 13.1 Å². The molecule has 1 amide bonds. The summed E-state index contributed by atoms with van der Waals surface area (Å²) in [5.41, 5.74) is 0.519. The number of ether oxygens (including phenoxy) is 3. The molecule has 0 bridgehead atoms. The predicted molar refractivity (Wildman–Crippen MR) is 107 cm³/mol. The van der Waals surface area contributed by atoms with Crippen molar-refractivity contribution in [1.82, 2.24) is 4.90 Å². The third-order valence-electron chi connectivity index (χ3n) is 5.54. The van der Waals surface area contributed by atoms with Crippen molar-refractivity contribution in [1.29, 1.82) is 0 Å². The minimum absolute atomic E-state index is 0.0226. The lowest BCUT2D eigenvalue weighted by atomic mass is 9.89. The Kier molecular flexibility index (Phi) is 6.38. The Morgan fingerprint density at radius 1 is 1.18 bits per heavy atom. The summed E-state index contributed by atoms with van der Waals surface area (Å²) in [5, 5.41) is 9.90. The molecular formula is C22H33NO5. The van der Waals surface area contributed by atoms with Gasteiger partial charge in [-0.25, -0.2) is 4.79 Å². The summed E-state index contributed by atoms with van der Waals surface area (Å²) >= 11 is 0. The molecule has 1 aromatic rings. The number of aliphatic hydroxyl groups excluding tert-OH is 1. The minimum Gasteiger partial charge on any atom is -0.493 e. The summed E-state index contributed by atoms with van der Waals surface area (Å²) in [7, 11) is 1.65. The lowest BCUT2D eigenvalue weighted by Gasteiger charge is -2.24. The zero-order chi connectivity index (χ0) is 20.3. The Morgan fingerprint density at radius 2 is 1.89 bits per heavy atom. The first-order valence-electron chi connectivity index (χ1n) is 10.2.